The predicted octanol–water partition coefficient (Wildman–Crippen LogP) is 4.09. The SMILES string of the molecule is C[C@@H](Sc1nnc(-c2ccco2)n1C)C(=O)c1cccc(Cl)c1. The number of benzene rings is 1. The second-order valence-corrected chi connectivity index (χ2v) is 6.72. The lowest BCUT2D eigenvalue weighted by Crippen LogP contribution is -2.14. The highest BCUT2D eigenvalue weighted by Crippen LogP contribution is 2.27. The number of hydrogen-bond acceptors (Lipinski definition) is 5. The van der Waals surface area contributed by atoms with Gasteiger partial charge in [-0.2, -0.15) is 0 Å². The highest BCUT2D eigenvalue weighted by atomic mass is 35.5. The minimum Gasteiger partial charge on any atom is -0.461 e. The molecule has 0 aliphatic rings. The van der Waals surface area contributed by atoms with E-state index in [1.54, 1.807) is 36.6 Å². The standard InChI is InChI=1S/C16H14ClN3O2S/c1-10(14(21)11-5-3-6-12(17)9-11)23-16-19-18-15(20(16)2)13-7-4-8-22-13/h3-10H,1-2H3/t10-/m1/s1. The average Bonchev–Trinajstić information content (AvgIpc) is 3.17. The number of ketones is 1. The van der Waals surface area contributed by atoms with E-state index in [4.69, 9.17) is 16.0 Å². The summed E-state index contributed by atoms with van der Waals surface area (Å²) in [4.78, 5) is 12.5. The molecule has 0 spiro atoms. The number of Topliss-reactive ketones (excluding diaryl/α,β-unsaturated/α-hetero) is 1. The Kier molecular flexibility index (Phi) is 4.54. The first-order valence-corrected chi connectivity index (χ1v) is 8.21. The van der Waals surface area contributed by atoms with E-state index in [1.165, 1.54) is 11.8 Å². The molecule has 0 saturated heterocycles. The van der Waals surface area contributed by atoms with E-state index in [1.807, 2.05) is 24.6 Å². The number of rotatable bonds is 5. The number of aromatic nitrogens is 3. The van der Waals surface area contributed by atoms with Crippen LogP contribution in [-0.2, 0) is 7.05 Å². The van der Waals surface area contributed by atoms with Crippen LogP contribution in [0.15, 0.2) is 52.2 Å². The molecule has 0 fully saturated rings. The Morgan fingerprint density at radius 3 is 2.83 bits per heavy atom. The van der Waals surface area contributed by atoms with E-state index in [-0.39, 0.29) is 11.0 Å². The first-order valence-electron chi connectivity index (χ1n) is 6.96. The molecule has 0 unspecified atom stereocenters. The quantitative estimate of drug-likeness (QED) is 0.514. The number of hydrogen-bond donors (Lipinski definition) is 0. The van der Waals surface area contributed by atoms with Gasteiger partial charge in [0.1, 0.15) is 0 Å². The molecule has 23 heavy (non-hydrogen) atoms. The highest BCUT2D eigenvalue weighted by Gasteiger charge is 2.21. The minimum atomic E-state index is -0.305. The molecule has 2 aromatic heterocycles. The molecule has 0 amide bonds. The van der Waals surface area contributed by atoms with E-state index in [0.29, 0.717) is 27.3 Å². The summed E-state index contributed by atoms with van der Waals surface area (Å²) in [6.45, 7) is 1.84. The van der Waals surface area contributed by atoms with Gasteiger partial charge in [0.15, 0.2) is 22.5 Å². The summed E-state index contributed by atoms with van der Waals surface area (Å²) in [7, 11) is 1.84. The van der Waals surface area contributed by atoms with Gasteiger partial charge in [-0.05, 0) is 31.2 Å². The molecule has 0 radical (unpaired) electrons. The summed E-state index contributed by atoms with van der Waals surface area (Å²) in [6.07, 6.45) is 1.59. The average molecular weight is 348 g/mol. The lowest BCUT2D eigenvalue weighted by molar-refractivity contribution is 0.0994. The van der Waals surface area contributed by atoms with Crippen molar-refractivity contribution in [2.45, 2.75) is 17.3 Å². The Hall–Kier alpha value is -2.05. The zero-order chi connectivity index (χ0) is 16.4. The van der Waals surface area contributed by atoms with E-state index in [2.05, 4.69) is 10.2 Å². The van der Waals surface area contributed by atoms with Gasteiger partial charge in [-0.15, -0.1) is 10.2 Å². The lowest BCUT2D eigenvalue weighted by atomic mass is 10.1. The molecule has 0 aliphatic heterocycles. The Morgan fingerprint density at radius 2 is 2.13 bits per heavy atom. The van der Waals surface area contributed by atoms with Crippen molar-refractivity contribution in [2.24, 2.45) is 7.05 Å². The summed E-state index contributed by atoms with van der Waals surface area (Å²) in [5.41, 5.74) is 0.589. The monoisotopic (exact) mass is 347 g/mol. The predicted molar refractivity (Wildman–Crippen MR) is 89.8 cm³/mol. The fraction of sp³-hybridized carbons (Fsp3) is 0.188. The van der Waals surface area contributed by atoms with Gasteiger partial charge in [0.25, 0.3) is 0 Å². The van der Waals surface area contributed by atoms with E-state index < -0.39 is 0 Å². The van der Waals surface area contributed by atoms with Crippen LogP contribution in [0.2, 0.25) is 5.02 Å². The first-order chi connectivity index (χ1) is 11.1. The second kappa shape index (κ2) is 6.60. The molecule has 0 bridgehead atoms. The van der Waals surface area contributed by atoms with Crippen molar-refractivity contribution in [3.05, 3.63) is 53.2 Å². The van der Waals surface area contributed by atoms with Crippen LogP contribution in [0.1, 0.15) is 17.3 Å². The number of halogens is 1. The van der Waals surface area contributed by atoms with Gasteiger partial charge in [0.05, 0.1) is 11.5 Å². The van der Waals surface area contributed by atoms with Gasteiger partial charge in [-0.3, -0.25) is 4.79 Å². The summed E-state index contributed by atoms with van der Waals surface area (Å²) >= 11 is 7.30. The van der Waals surface area contributed by atoms with Crippen LogP contribution < -0.4 is 0 Å². The first kappa shape index (κ1) is 15.8. The zero-order valence-corrected chi connectivity index (χ0v) is 14.1. The Labute approximate surface area is 142 Å². The van der Waals surface area contributed by atoms with Crippen molar-refractivity contribution in [1.29, 1.82) is 0 Å². The summed E-state index contributed by atoms with van der Waals surface area (Å²) in [5.74, 6) is 1.26. The van der Waals surface area contributed by atoms with Crippen LogP contribution in [0.5, 0.6) is 0 Å². The Bertz CT molecular complexity index is 830. The van der Waals surface area contributed by atoms with Crippen LogP contribution in [0, 0.1) is 0 Å². The van der Waals surface area contributed by atoms with Crippen molar-refractivity contribution in [3.63, 3.8) is 0 Å². The molecule has 5 nitrogen and oxygen atoms in total. The van der Waals surface area contributed by atoms with Gasteiger partial charge in [-0.25, -0.2) is 0 Å². The van der Waals surface area contributed by atoms with Crippen molar-refractivity contribution in [2.75, 3.05) is 0 Å². The zero-order valence-electron chi connectivity index (χ0n) is 12.6. The van der Waals surface area contributed by atoms with Gasteiger partial charge in [-0.1, -0.05) is 35.5 Å². The van der Waals surface area contributed by atoms with Crippen LogP contribution in [0.25, 0.3) is 11.6 Å². The van der Waals surface area contributed by atoms with E-state index in [0.717, 1.165) is 0 Å². The topological polar surface area (TPSA) is 60.9 Å². The van der Waals surface area contributed by atoms with Crippen LogP contribution >= 0.6 is 23.4 Å². The van der Waals surface area contributed by atoms with Crippen LogP contribution in [0.3, 0.4) is 0 Å². The molecule has 0 N–H and O–H groups in total. The third-order valence-corrected chi connectivity index (χ3v) is 4.71. The Morgan fingerprint density at radius 1 is 1.30 bits per heavy atom. The summed E-state index contributed by atoms with van der Waals surface area (Å²) in [5, 5.41) is 9.16. The number of thioether (sulfide) groups is 1. The lowest BCUT2D eigenvalue weighted by Gasteiger charge is -2.10. The van der Waals surface area contributed by atoms with Crippen molar-refractivity contribution < 1.29 is 9.21 Å². The van der Waals surface area contributed by atoms with E-state index in [9.17, 15) is 4.79 Å². The Balaban J connectivity index is 1.78. The van der Waals surface area contributed by atoms with Gasteiger partial charge in [0, 0.05) is 17.6 Å². The second-order valence-electron chi connectivity index (χ2n) is 4.98. The summed E-state index contributed by atoms with van der Waals surface area (Å²) < 4.78 is 7.15. The number of carbonyl (C=O) groups is 1. The van der Waals surface area contributed by atoms with Gasteiger partial charge < -0.3 is 8.98 Å². The normalized spacial score (nSPS) is 12.3. The molecule has 0 saturated carbocycles. The molecule has 0 aliphatic carbocycles. The molecule has 1 aromatic carbocycles. The van der Waals surface area contributed by atoms with Crippen LogP contribution in [0.4, 0.5) is 0 Å². The summed E-state index contributed by atoms with van der Waals surface area (Å²) in [6, 6.07) is 10.6. The molecule has 118 valence electrons. The number of nitrogens with zero attached hydrogens (tertiary/aromatic N) is 3. The fourth-order valence-corrected chi connectivity index (χ4v) is 3.21. The molecule has 1 atom stereocenters. The number of furan rings is 1. The van der Waals surface area contributed by atoms with Crippen molar-refractivity contribution >= 4 is 29.1 Å². The minimum absolute atomic E-state index is 0.0000450. The fourth-order valence-electron chi connectivity index (χ4n) is 2.13. The van der Waals surface area contributed by atoms with Gasteiger partial charge >= 0.3 is 0 Å². The molecular weight excluding hydrogens is 334 g/mol. The maximum absolute atomic E-state index is 12.5. The molecule has 7 heteroatoms. The smallest absolute Gasteiger partial charge is 0.200 e. The van der Waals surface area contributed by atoms with Crippen molar-refractivity contribution in [3.8, 4) is 11.6 Å². The van der Waals surface area contributed by atoms with Gasteiger partial charge in [0.2, 0.25) is 0 Å². The largest absolute Gasteiger partial charge is 0.461 e. The maximum Gasteiger partial charge on any atom is 0.200 e. The molecule has 3 aromatic rings. The van der Waals surface area contributed by atoms with E-state index >= 15 is 0 Å². The van der Waals surface area contributed by atoms with Crippen molar-refractivity contribution in [1.82, 2.24) is 14.8 Å². The molecule has 3 rings (SSSR count). The highest BCUT2D eigenvalue weighted by molar-refractivity contribution is 8.00. The maximum atomic E-state index is 12.5. The number of carbonyl (C=O) groups excluding carboxylic acids is 1. The van der Waals surface area contributed by atoms with Crippen LogP contribution in [-0.4, -0.2) is 25.8 Å². The third kappa shape index (κ3) is 3.33. The molecule has 2 heterocycles. The molecular formula is C16H14ClN3O2S. The third-order valence-electron chi connectivity index (χ3n) is 3.34.